The van der Waals surface area contributed by atoms with Gasteiger partial charge in [-0.15, -0.1) is 10.2 Å². The van der Waals surface area contributed by atoms with Crippen LogP contribution in [0.3, 0.4) is 0 Å². The summed E-state index contributed by atoms with van der Waals surface area (Å²) in [7, 11) is 2.97. The first-order valence-corrected chi connectivity index (χ1v) is 11.1. The van der Waals surface area contributed by atoms with Crippen LogP contribution in [0, 0.1) is 0 Å². The Morgan fingerprint density at radius 2 is 1.72 bits per heavy atom. The van der Waals surface area contributed by atoms with Gasteiger partial charge in [0.1, 0.15) is 28.6 Å². The molecule has 0 bridgehead atoms. The second kappa shape index (κ2) is 10.9. The van der Waals surface area contributed by atoms with Crippen molar-refractivity contribution in [3.8, 4) is 23.0 Å². The van der Waals surface area contributed by atoms with Crippen LogP contribution < -0.4 is 14.2 Å². The minimum Gasteiger partial charge on any atom is -0.505 e. The number of methoxy groups -OCH3 is 2. The van der Waals surface area contributed by atoms with Gasteiger partial charge in [0.25, 0.3) is 6.47 Å². The standard InChI is InChI=1S/C27H21ClN2O6/c1-34-24-9-7-18(28)11-17(24)13-23(32)21-12-16-5-3-4-6-20(16)26(27(21)33)30-29-22-14-19(36-15-31)8-10-25(22)35-2/h3-12,14-15,33H,13H2,1-2H3. The first kappa shape index (κ1) is 24.7. The van der Waals surface area contributed by atoms with E-state index >= 15 is 0 Å². The molecule has 0 aliphatic rings. The van der Waals surface area contributed by atoms with Crippen LogP contribution in [0.5, 0.6) is 23.0 Å². The Morgan fingerprint density at radius 3 is 2.47 bits per heavy atom. The molecule has 0 spiro atoms. The van der Waals surface area contributed by atoms with Crippen molar-refractivity contribution in [3.63, 3.8) is 0 Å². The Labute approximate surface area is 211 Å². The van der Waals surface area contributed by atoms with Gasteiger partial charge < -0.3 is 19.3 Å². The van der Waals surface area contributed by atoms with E-state index in [1.165, 1.54) is 20.3 Å². The Balaban J connectivity index is 1.79. The molecule has 0 aliphatic heterocycles. The number of carbonyl (C=O) groups excluding carboxylic acids is 2. The topological polar surface area (TPSA) is 107 Å². The van der Waals surface area contributed by atoms with Gasteiger partial charge in [0.2, 0.25) is 0 Å². The van der Waals surface area contributed by atoms with Gasteiger partial charge >= 0.3 is 0 Å². The highest BCUT2D eigenvalue weighted by molar-refractivity contribution is 6.30. The number of ketones is 1. The molecule has 36 heavy (non-hydrogen) atoms. The number of benzene rings is 4. The van der Waals surface area contributed by atoms with Gasteiger partial charge in [-0.1, -0.05) is 35.9 Å². The summed E-state index contributed by atoms with van der Waals surface area (Å²) in [5.74, 6) is 0.462. The van der Waals surface area contributed by atoms with E-state index < -0.39 is 0 Å². The minimum atomic E-state index is -0.353. The minimum absolute atomic E-state index is 0.0505. The zero-order chi connectivity index (χ0) is 25.7. The second-order valence-corrected chi connectivity index (χ2v) is 8.08. The molecule has 0 aromatic heterocycles. The number of nitrogens with zero attached hydrogens (tertiary/aromatic N) is 2. The zero-order valence-corrected chi connectivity index (χ0v) is 20.2. The molecule has 9 heteroatoms. The quantitative estimate of drug-likeness (QED) is 0.156. The molecule has 0 heterocycles. The Kier molecular flexibility index (Phi) is 7.46. The normalized spacial score (nSPS) is 11.0. The molecule has 4 rings (SSSR count). The van der Waals surface area contributed by atoms with Gasteiger partial charge in [-0.3, -0.25) is 9.59 Å². The van der Waals surface area contributed by atoms with Gasteiger partial charge in [-0.2, -0.15) is 0 Å². The summed E-state index contributed by atoms with van der Waals surface area (Å²) < 4.78 is 15.5. The Hall–Kier alpha value is -4.43. The molecule has 0 saturated carbocycles. The maximum Gasteiger partial charge on any atom is 0.298 e. The van der Waals surface area contributed by atoms with Crippen molar-refractivity contribution >= 4 is 46.0 Å². The summed E-state index contributed by atoms with van der Waals surface area (Å²) in [5.41, 5.74) is 1.04. The number of carbonyl (C=O) groups is 2. The van der Waals surface area contributed by atoms with Gasteiger partial charge in [-0.05, 0) is 41.8 Å². The summed E-state index contributed by atoms with van der Waals surface area (Å²) in [4.78, 5) is 24.0. The second-order valence-electron chi connectivity index (χ2n) is 7.65. The smallest absolute Gasteiger partial charge is 0.298 e. The summed E-state index contributed by atoms with van der Waals surface area (Å²) in [5, 5.41) is 21.4. The lowest BCUT2D eigenvalue weighted by Gasteiger charge is -2.12. The monoisotopic (exact) mass is 504 g/mol. The lowest BCUT2D eigenvalue weighted by atomic mass is 9.97. The van der Waals surface area contributed by atoms with Crippen LogP contribution in [-0.4, -0.2) is 31.6 Å². The Bertz CT molecular complexity index is 1490. The van der Waals surface area contributed by atoms with Crippen molar-refractivity contribution in [1.29, 1.82) is 0 Å². The number of hydrogen-bond donors (Lipinski definition) is 1. The third-order valence-electron chi connectivity index (χ3n) is 5.48. The lowest BCUT2D eigenvalue weighted by molar-refractivity contribution is -0.120. The molecular weight excluding hydrogens is 484 g/mol. The lowest BCUT2D eigenvalue weighted by Crippen LogP contribution is -2.06. The summed E-state index contributed by atoms with van der Waals surface area (Å²) >= 11 is 6.11. The van der Waals surface area contributed by atoms with E-state index in [1.54, 1.807) is 48.5 Å². The average molecular weight is 505 g/mol. The van der Waals surface area contributed by atoms with E-state index in [0.29, 0.717) is 39.3 Å². The Morgan fingerprint density at radius 1 is 0.972 bits per heavy atom. The number of halogens is 1. The van der Waals surface area contributed by atoms with Crippen molar-refractivity contribution in [1.82, 2.24) is 0 Å². The van der Waals surface area contributed by atoms with E-state index in [1.807, 2.05) is 12.1 Å². The fourth-order valence-corrected chi connectivity index (χ4v) is 3.96. The fraction of sp³-hybridized carbons (Fsp3) is 0.111. The molecule has 0 fully saturated rings. The number of Topliss-reactive ketones (excluding diaryl/α,β-unsaturated/α-hetero) is 1. The van der Waals surface area contributed by atoms with Crippen molar-refractivity contribution in [2.75, 3.05) is 14.2 Å². The largest absolute Gasteiger partial charge is 0.505 e. The van der Waals surface area contributed by atoms with Crippen LogP contribution in [0.25, 0.3) is 10.8 Å². The van der Waals surface area contributed by atoms with E-state index in [2.05, 4.69) is 10.2 Å². The zero-order valence-electron chi connectivity index (χ0n) is 19.4. The number of ether oxygens (including phenoxy) is 3. The molecule has 0 aliphatic carbocycles. The van der Waals surface area contributed by atoms with E-state index in [0.717, 1.165) is 0 Å². The molecular formula is C27H21ClN2O6. The molecule has 0 saturated heterocycles. The molecule has 182 valence electrons. The molecule has 0 atom stereocenters. The number of azo groups is 1. The van der Waals surface area contributed by atoms with Crippen LogP contribution >= 0.6 is 11.6 Å². The number of aromatic hydroxyl groups is 1. The van der Waals surface area contributed by atoms with Gasteiger partial charge in [-0.25, -0.2) is 0 Å². The summed E-state index contributed by atoms with van der Waals surface area (Å²) in [6.07, 6.45) is -0.0505. The van der Waals surface area contributed by atoms with Crippen LogP contribution in [0.2, 0.25) is 5.02 Å². The average Bonchev–Trinajstić information content (AvgIpc) is 2.88. The van der Waals surface area contributed by atoms with Gasteiger partial charge in [0.05, 0.1) is 19.8 Å². The van der Waals surface area contributed by atoms with Crippen molar-refractivity contribution in [3.05, 3.63) is 82.9 Å². The van der Waals surface area contributed by atoms with Gasteiger partial charge in [0.15, 0.2) is 11.5 Å². The number of phenols is 1. The SMILES string of the molecule is COc1ccc(Cl)cc1CC(=O)c1cc2ccccc2c(N=Nc2cc(OC=O)ccc2OC)c1O. The number of hydrogen-bond acceptors (Lipinski definition) is 8. The number of fused-ring (bicyclic) bond motifs is 1. The molecule has 0 radical (unpaired) electrons. The maximum atomic E-state index is 13.3. The fourth-order valence-electron chi connectivity index (χ4n) is 3.77. The maximum absolute atomic E-state index is 13.3. The predicted molar refractivity (Wildman–Crippen MR) is 136 cm³/mol. The first-order valence-electron chi connectivity index (χ1n) is 10.8. The molecule has 0 unspecified atom stereocenters. The van der Waals surface area contributed by atoms with Crippen molar-refractivity contribution in [2.24, 2.45) is 10.2 Å². The summed E-state index contributed by atoms with van der Waals surface area (Å²) in [6.45, 7) is 0.298. The van der Waals surface area contributed by atoms with Crippen molar-refractivity contribution < 1.29 is 28.9 Å². The molecule has 1 N–H and O–H groups in total. The third-order valence-corrected chi connectivity index (χ3v) is 5.72. The van der Waals surface area contributed by atoms with Crippen molar-refractivity contribution in [2.45, 2.75) is 6.42 Å². The van der Waals surface area contributed by atoms with Gasteiger partial charge in [0, 0.05) is 28.5 Å². The van der Waals surface area contributed by atoms with E-state index in [4.69, 9.17) is 25.8 Å². The molecule has 0 amide bonds. The highest BCUT2D eigenvalue weighted by Gasteiger charge is 2.20. The highest BCUT2D eigenvalue weighted by Crippen LogP contribution is 2.41. The van der Waals surface area contributed by atoms with Crippen LogP contribution in [0.1, 0.15) is 15.9 Å². The predicted octanol–water partition coefficient (Wildman–Crippen LogP) is 6.59. The molecule has 8 nitrogen and oxygen atoms in total. The molecule has 4 aromatic carbocycles. The van der Waals surface area contributed by atoms with Crippen LogP contribution in [-0.2, 0) is 11.2 Å². The first-order chi connectivity index (χ1) is 17.4. The van der Waals surface area contributed by atoms with E-state index in [9.17, 15) is 14.7 Å². The van der Waals surface area contributed by atoms with Crippen LogP contribution in [0.15, 0.2) is 77.0 Å². The summed E-state index contributed by atoms with van der Waals surface area (Å²) in [6, 6.07) is 18.4. The number of phenolic OH excluding ortho intramolecular Hbond substituents is 1. The van der Waals surface area contributed by atoms with Crippen LogP contribution in [0.4, 0.5) is 11.4 Å². The number of rotatable bonds is 9. The third kappa shape index (κ3) is 5.13. The molecule has 4 aromatic rings. The van der Waals surface area contributed by atoms with E-state index in [-0.39, 0.29) is 40.6 Å². The highest BCUT2D eigenvalue weighted by atomic mass is 35.5.